The predicted octanol–water partition coefficient (Wildman–Crippen LogP) is 2.05. The third-order valence-electron chi connectivity index (χ3n) is 2.04. The van der Waals surface area contributed by atoms with Gasteiger partial charge in [-0.25, -0.2) is 0 Å². The summed E-state index contributed by atoms with van der Waals surface area (Å²) >= 11 is 0. The Balaban J connectivity index is 2.07. The summed E-state index contributed by atoms with van der Waals surface area (Å²) in [5.41, 5.74) is 0. The third-order valence-corrected chi connectivity index (χ3v) is 2.04. The van der Waals surface area contributed by atoms with Crippen molar-refractivity contribution < 1.29 is 4.74 Å². The van der Waals surface area contributed by atoms with Gasteiger partial charge in [0, 0.05) is 6.42 Å². The summed E-state index contributed by atoms with van der Waals surface area (Å²) in [7, 11) is 0. The molecular weight excluding hydrogens is 126 g/mol. The molecule has 1 rings (SSSR count). The van der Waals surface area contributed by atoms with Crippen LogP contribution in [0.5, 0.6) is 0 Å². The Morgan fingerprint density at radius 1 is 1.70 bits per heavy atom. The van der Waals surface area contributed by atoms with Gasteiger partial charge in [0.2, 0.25) is 0 Å². The Morgan fingerprint density at radius 2 is 2.30 bits per heavy atom. The normalized spacial score (nSPS) is 29.8. The quantitative estimate of drug-likeness (QED) is 0.473. The van der Waals surface area contributed by atoms with E-state index < -0.39 is 0 Å². The van der Waals surface area contributed by atoms with E-state index in [1.54, 1.807) is 0 Å². The van der Waals surface area contributed by atoms with Crippen molar-refractivity contribution in [2.45, 2.75) is 26.7 Å². The molecule has 10 heavy (non-hydrogen) atoms. The average molecular weight is 141 g/mol. The predicted molar refractivity (Wildman–Crippen MR) is 41.2 cm³/mol. The summed E-state index contributed by atoms with van der Waals surface area (Å²) in [6.45, 7) is 4.79. The van der Waals surface area contributed by atoms with Gasteiger partial charge in [-0.05, 0) is 25.2 Å². The van der Waals surface area contributed by atoms with Crippen molar-refractivity contribution in [3.63, 3.8) is 0 Å². The molecule has 2 unspecified atom stereocenters. The second-order valence-electron chi connectivity index (χ2n) is 3.03. The van der Waals surface area contributed by atoms with Gasteiger partial charge >= 0.3 is 0 Å². The highest BCUT2D eigenvalue weighted by atomic mass is 16.5. The van der Waals surface area contributed by atoms with Crippen LogP contribution in [-0.2, 0) is 4.74 Å². The van der Waals surface area contributed by atoms with Gasteiger partial charge in [-0.1, -0.05) is 6.92 Å². The lowest BCUT2D eigenvalue weighted by molar-refractivity contribution is 0.311. The largest absolute Gasteiger partial charge is 0.481 e. The highest BCUT2D eigenvalue weighted by Crippen LogP contribution is 2.40. The van der Waals surface area contributed by atoms with Crippen LogP contribution in [0.15, 0.2) is 0 Å². The van der Waals surface area contributed by atoms with Crippen LogP contribution in [0.4, 0.5) is 0 Å². The van der Waals surface area contributed by atoms with E-state index in [1.807, 2.05) is 6.92 Å². The Bertz CT molecular complexity index is 133. The van der Waals surface area contributed by atoms with Crippen LogP contribution in [0.3, 0.4) is 0 Å². The highest BCUT2D eigenvalue weighted by molar-refractivity contribution is 5.73. The maximum absolute atomic E-state index is 7.33. The second-order valence-corrected chi connectivity index (χ2v) is 3.03. The highest BCUT2D eigenvalue weighted by Gasteiger charge is 2.33. The lowest BCUT2D eigenvalue weighted by Gasteiger charge is -2.02. The van der Waals surface area contributed by atoms with Crippen LogP contribution in [0.1, 0.15) is 26.7 Å². The van der Waals surface area contributed by atoms with Crippen molar-refractivity contribution in [2.24, 2.45) is 11.8 Å². The van der Waals surface area contributed by atoms with E-state index >= 15 is 0 Å². The van der Waals surface area contributed by atoms with Crippen molar-refractivity contribution in [2.75, 3.05) is 6.61 Å². The van der Waals surface area contributed by atoms with E-state index in [1.165, 1.54) is 6.42 Å². The molecule has 0 aromatic rings. The molecule has 1 aliphatic carbocycles. The molecule has 1 N–H and O–H groups in total. The summed E-state index contributed by atoms with van der Waals surface area (Å²) in [5.74, 6) is 2.05. The van der Waals surface area contributed by atoms with E-state index in [4.69, 9.17) is 10.1 Å². The minimum absolute atomic E-state index is 0.469. The summed E-state index contributed by atoms with van der Waals surface area (Å²) in [5, 5.41) is 7.33. The molecule has 2 nitrogen and oxygen atoms in total. The molecule has 0 aromatic heterocycles. The van der Waals surface area contributed by atoms with Gasteiger partial charge in [-0.3, -0.25) is 5.41 Å². The maximum Gasteiger partial charge on any atom is 0.180 e. The summed E-state index contributed by atoms with van der Waals surface area (Å²) < 4.78 is 5.02. The van der Waals surface area contributed by atoms with Crippen LogP contribution in [-0.4, -0.2) is 12.5 Å². The smallest absolute Gasteiger partial charge is 0.180 e. The Morgan fingerprint density at radius 3 is 2.70 bits per heavy atom. The van der Waals surface area contributed by atoms with Gasteiger partial charge in [0.25, 0.3) is 0 Å². The Kier molecular flexibility index (Phi) is 2.30. The molecule has 1 aliphatic rings. The molecule has 0 aromatic carbocycles. The monoisotopic (exact) mass is 141 g/mol. The van der Waals surface area contributed by atoms with Crippen LogP contribution >= 0.6 is 0 Å². The van der Waals surface area contributed by atoms with Crippen LogP contribution in [0, 0.1) is 17.2 Å². The summed E-state index contributed by atoms with van der Waals surface area (Å²) in [4.78, 5) is 0. The Labute approximate surface area is 62.1 Å². The molecule has 2 atom stereocenters. The van der Waals surface area contributed by atoms with Crippen molar-refractivity contribution in [1.82, 2.24) is 0 Å². The third kappa shape index (κ3) is 2.01. The molecule has 0 saturated heterocycles. The number of rotatable bonds is 3. The zero-order valence-corrected chi connectivity index (χ0v) is 6.68. The fraction of sp³-hybridized carbons (Fsp3) is 0.875. The molecule has 0 bridgehead atoms. The average Bonchev–Trinajstić information content (AvgIpc) is 2.47. The number of ether oxygens (including phenoxy) is 1. The molecule has 1 fully saturated rings. The van der Waals surface area contributed by atoms with Crippen LogP contribution in [0.25, 0.3) is 0 Å². The minimum Gasteiger partial charge on any atom is -0.481 e. The van der Waals surface area contributed by atoms with Crippen molar-refractivity contribution in [1.29, 1.82) is 5.41 Å². The fourth-order valence-corrected chi connectivity index (χ4v) is 1.15. The minimum atomic E-state index is 0.469. The lowest BCUT2D eigenvalue weighted by Crippen LogP contribution is -2.03. The first-order valence-electron chi connectivity index (χ1n) is 3.94. The van der Waals surface area contributed by atoms with E-state index in [0.717, 1.165) is 18.3 Å². The molecule has 58 valence electrons. The maximum atomic E-state index is 7.33. The van der Waals surface area contributed by atoms with Gasteiger partial charge in [0.1, 0.15) is 0 Å². The van der Waals surface area contributed by atoms with Gasteiger partial charge in [-0.2, -0.15) is 0 Å². The zero-order chi connectivity index (χ0) is 7.56. The topological polar surface area (TPSA) is 33.1 Å². The van der Waals surface area contributed by atoms with E-state index in [-0.39, 0.29) is 0 Å². The SMILES string of the molecule is CCOC(=N)CC1CC1C. The molecule has 0 spiro atoms. The first-order valence-corrected chi connectivity index (χ1v) is 3.94. The molecule has 0 aliphatic heterocycles. The molecule has 0 radical (unpaired) electrons. The fourth-order valence-electron chi connectivity index (χ4n) is 1.15. The van der Waals surface area contributed by atoms with E-state index in [0.29, 0.717) is 12.5 Å². The molecular formula is C8H15NO. The van der Waals surface area contributed by atoms with E-state index in [2.05, 4.69) is 6.92 Å². The van der Waals surface area contributed by atoms with Crippen molar-refractivity contribution in [3.8, 4) is 0 Å². The van der Waals surface area contributed by atoms with Gasteiger partial charge in [0.15, 0.2) is 5.90 Å². The number of hydrogen-bond donors (Lipinski definition) is 1. The second kappa shape index (κ2) is 3.04. The molecule has 1 saturated carbocycles. The number of nitrogens with one attached hydrogen (secondary N) is 1. The Hall–Kier alpha value is -0.530. The van der Waals surface area contributed by atoms with Crippen LogP contribution < -0.4 is 0 Å². The summed E-state index contributed by atoms with van der Waals surface area (Å²) in [6.07, 6.45) is 2.14. The van der Waals surface area contributed by atoms with Crippen LogP contribution in [0.2, 0.25) is 0 Å². The van der Waals surface area contributed by atoms with Gasteiger partial charge in [-0.15, -0.1) is 0 Å². The van der Waals surface area contributed by atoms with Gasteiger partial charge < -0.3 is 4.74 Å². The first-order chi connectivity index (χ1) is 4.74. The van der Waals surface area contributed by atoms with Crippen molar-refractivity contribution >= 4 is 5.90 Å². The molecule has 0 amide bonds. The lowest BCUT2D eigenvalue weighted by atomic mass is 10.2. The molecule has 2 heteroatoms. The summed E-state index contributed by atoms with van der Waals surface area (Å²) in [6, 6.07) is 0. The zero-order valence-electron chi connectivity index (χ0n) is 6.68. The van der Waals surface area contributed by atoms with Crippen molar-refractivity contribution in [3.05, 3.63) is 0 Å². The number of hydrogen-bond acceptors (Lipinski definition) is 2. The van der Waals surface area contributed by atoms with Gasteiger partial charge in [0.05, 0.1) is 6.61 Å². The van der Waals surface area contributed by atoms with E-state index in [9.17, 15) is 0 Å². The first kappa shape index (κ1) is 7.58. The standard InChI is InChI=1S/C8H15NO/c1-3-10-8(9)5-7-4-6(7)2/h6-7,9H,3-5H2,1-2H3. The molecule has 0 heterocycles.